The molecule has 1 heterocycles. The van der Waals surface area contributed by atoms with Crippen molar-refractivity contribution in [1.29, 1.82) is 0 Å². The smallest absolute Gasteiger partial charge is 0.0680 e. The number of alkyl halides is 1. The van der Waals surface area contributed by atoms with E-state index in [0.29, 0.717) is 11.8 Å². The van der Waals surface area contributed by atoms with Crippen LogP contribution in [0.1, 0.15) is 41.1 Å². The first-order chi connectivity index (χ1) is 8.70. The summed E-state index contributed by atoms with van der Waals surface area (Å²) in [5.41, 5.74) is 6.21. The SMILES string of the molecule is Cc1ccc(C)c(-n2ncc(CCl)c2C2CC2)c1. The lowest BCUT2D eigenvalue weighted by Crippen LogP contribution is -2.04. The van der Waals surface area contributed by atoms with Crippen molar-refractivity contribution in [3.8, 4) is 5.69 Å². The third-order valence-corrected chi connectivity index (χ3v) is 3.88. The standard InChI is InChI=1S/C15H17ClN2/c1-10-3-4-11(2)14(7-10)18-15(12-5-6-12)13(8-16)9-17-18/h3-4,7,9,12H,5-6,8H2,1-2H3. The van der Waals surface area contributed by atoms with Crippen LogP contribution in [0, 0.1) is 13.8 Å². The van der Waals surface area contributed by atoms with E-state index in [2.05, 4.69) is 41.8 Å². The van der Waals surface area contributed by atoms with Crippen molar-refractivity contribution in [1.82, 2.24) is 9.78 Å². The van der Waals surface area contributed by atoms with E-state index in [4.69, 9.17) is 11.6 Å². The van der Waals surface area contributed by atoms with Gasteiger partial charge in [-0.05, 0) is 43.9 Å². The number of nitrogens with zero attached hydrogens (tertiary/aromatic N) is 2. The number of halogens is 1. The van der Waals surface area contributed by atoms with Crippen LogP contribution >= 0.6 is 11.6 Å². The second-order valence-electron chi connectivity index (χ2n) is 5.16. The van der Waals surface area contributed by atoms with E-state index in [9.17, 15) is 0 Å². The number of hydrogen-bond donors (Lipinski definition) is 0. The Morgan fingerprint density at radius 2 is 2.11 bits per heavy atom. The van der Waals surface area contributed by atoms with Crippen molar-refractivity contribution in [2.45, 2.75) is 38.5 Å². The Morgan fingerprint density at radius 3 is 2.78 bits per heavy atom. The molecule has 0 amide bonds. The molecule has 0 atom stereocenters. The summed E-state index contributed by atoms with van der Waals surface area (Å²) in [6, 6.07) is 6.50. The Bertz CT molecular complexity index is 582. The van der Waals surface area contributed by atoms with Crippen molar-refractivity contribution in [2.24, 2.45) is 0 Å². The predicted octanol–water partition coefficient (Wildman–Crippen LogP) is 4.11. The van der Waals surface area contributed by atoms with Crippen LogP contribution < -0.4 is 0 Å². The fraction of sp³-hybridized carbons (Fsp3) is 0.400. The molecule has 0 unspecified atom stereocenters. The van der Waals surface area contributed by atoms with Crippen molar-refractivity contribution in [2.75, 3.05) is 0 Å². The van der Waals surface area contributed by atoms with E-state index >= 15 is 0 Å². The molecule has 1 fully saturated rings. The molecule has 94 valence electrons. The van der Waals surface area contributed by atoms with Crippen LogP contribution in [-0.4, -0.2) is 9.78 Å². The molecule has 0 bridgehead atoms. The van der Waals surface area contributed by atoms with Gasteiger partial charge in [0.25, 0.3) is 0 Å². The lowest BCUT2D eigenvalue weighted by molar-refractivity contribution is 0.799. The van der Waals surface area contributed by atoms with E-state index in [0.717, 1.165) is 0 Å². The number of benzene rings is 1. The van der Waals surface area contributed by atoms with Crippen LogP contribution in [0.5, 0.6) is 0 Å². The largest absolute Gasteiger partial charge is 0.237 e. The molecule has 18 heavy (non-hydrogen) atoms. The van der Waals surface area contributed by atoms with E-state index < -0.39 is 0 Å². The fourth-order valence-corrected chi connectivity index (χ4v) is 2.63. The Kier molecular flexibility index (Phi) is 2.90. The highest BCUT2D eigenvalue weighted by Crippen LogP contribution is 2.43. The zero-order valence-electron chi connectivity index (χ0n) is 10.8. The van der Waals surface area contributed by atoms with Crippen LogP contribution in [0.15, 0.2) is 24.4 Å². The van der Waals surface area contributed by atoms with Gasteiger partial charge in [0.15, 0.2) is 0 Å². The number of aryl methyl sites for hydroxylation is 2. The third-order valence-electron chi connectivity index (χ3n) is 3.59. The number of aromatic nitrogens is 2. The lowest BCUT2D eigenvalue weighted by Gasteiger charge is -2.11. The topological polar surface area (TPSA) is 17.8 Å². The van der Waals surface area contributed by atoms with Crippen LogP contribution in [-0.2, 0) is 5.88 Å². The molecule has 3 heteroatoms. The quantitative estimate of drug-likeness (QED) is 0.760. The maximum absolute atomic E-state index is 6.02. The molecule has 0 radical (unpaired) electrons. The molecule has 0 N–H and O–H groups in total. The Balaban J connectivity index is 2.16. The summed E-state index contributed by atoms with van der Waals surface area (Å²) >= 11 is 6.02. The summed E-state index contributed by atoms with van der Waals surface area (Å²) in [4.78, 5) is 0. The number of rotatable bonds is 3. The van der Waals surface area contributed by atoms with Gasteiger partial charge >= 0.3 is 0 Å². The molecule has 0 spiro atoms. The van der Waals surface area contributed by atoms with Gasteiger partial charge < -0.3 is 0 Å². The second kappa shape index (κ2) is 4.43. The Hall–Kier alpha value is -1.28. The molecule has 1 aromatic heterocycles. The zero-order valence-corrected chi connectivity index (χ0v) is 11.5. The fourth-order valence-electron chi connectivity index (χ4n) is 2.43. The van der Waals surface area contributed by atoms with Crippen molar-refractivity contribution in [3.63, 3.8) is 0 Å². The summed E-state index contributed by atoms with van der Waals surface area (Å²) in [5, 5.41) is 4.55. The van der Waals surface area contributed by atoms with E-state index in [1.54, 1.807) is 0 Å². The second-order valence-corrected chi connectivity index (χ2v) is 5.43. The van der Waals surface area contributed by atoms with E-state index in [-0.39, 0.29) is 0 Å². The normalized spacial score (nSPS) is 15.1. The highest BCUT2D eigenvalue weighted by molar-refractivity contribution is 6.17. The average Bonchev–Trinajstić information content (AvgIpc) is 3.12. The zero-order chi connectivity index (χ0) is 12.7. The molecule has 1 aliphatic rings. The molecular weight excluding hydrogens is 244 g/mol. The van der Waals surface area contributed by atoms with Crippen molar-refractivity contribution >= 4 is 11.6 Å². The minimum Gasteiger partial charge on any atom is -0.237 e. The average molecular weight is 261 g/mol. The maximum Gasteiger partial charge on any atom is 0.0680 e. The maximum atomic E-state index is 6.02. The minimum absolute atomic E-state index is 0.552. The number of hydrogen-bond acceptors (Lipinski definition) is 1. The molecule has 2 aromatic rings. The van der Waals surface area contributed by atoms with E-state index in [1.165, 1.54) is 40.9 Å². The van der Waals surface area contributed by atoms with Gasteiger partial charge in [-0.1, -0.05) is 12.1 Å². The predicted molar refractivity (Wildman–Crippen MR) is 74.6 cm³/mol. The molecular formula is C15H17ClN2. The van der Waals surface area contributed by atoms with Gasteiger partial charge in [-0.25, -0.2) is 4.68 Å². The van der Waals surface area contributed by atoms with Crippen LogP contribution in [0.2, 0.25) is 0 Å². The van der Waals surface area contributed by atoms with Gasteiger partial charge in [0.1, 0.15) is 0 Å². The minimum atomic E-state index is 0.552. The molecule has 0 saturated heterocycles. The van der Waals surface area contributed by atoms with Crippen LogP contribution in [0.3, 0.4) is 0 Å². The molecule has 3 rings (SSSR count). The third kappa shape index (κ3) is 1.95. The Morgan fingerprint density at radius 1 is 1.33 bits per heavy atom. The molecule has 0 aliphatic heterocycles. The summed E-state index contributed by atoms with van der Waals surface area (Å²) in [7, 11) is 0. The summed E-state index contributed by atoms with van der Waals surface area (Å²) in [5.74, 6) is 1.21. The first-order valence-corrected chi connectivity index (χ1v) is 6.94. The Labute approximate surface area is 113 Å². The van der Waals surface area contributed by atoms with E-state index in [1.807, 2.05) is 6.20 Å². The van der Waals surface area contributed by atoms with Crippen LogP contribution in [0.4, 0.5) is 0 Å². The first kappa shape index (κ1) is 11.8. The monoisotopic (exact) mass is 260 g/mol. The van der Waals surface area contributed by atoms with Gasteiger partial charge in [0.05, 0.1) is 23.5 Å². The molecule has 2 nitrogen and oxygen atoms in total. The molecule has 1 aliphatic carbocycles. The molecule has 1 aromatic carbocycles. The first-order valence-electron chi connectivity index (χ1n) is 6.41. The highest BCUT2D eigenvalue weighted by atomic mass is 35.5. The highest BCUT2D eigenvalue weighted by Gasteiger charge is 2.30. The van der Waals surface area contributed by atoms with Crippen LogP contribution in [0.25, 0.3) is 5.69 Å². The van der Waals surface area contributed by atoms with Crippen molar-refractivity contribution in [3.05, 3.63) is 46.8 Å². The van der Waals surface area contributed by atoms with Gasteiger partial charge in [0, 0.05) is 11.5 Å². The summed E-state index contributed by atoms with van der Waals surface area (Å²) in [6.07, 6.45) is 4.45. The lowest BCUT2D eigenvalue weighted by atomic mass is 10.1. The van der Waals surface area contributed by atoms with Gasteiger partial charge in [-0.15, -0.1) is 11.6 Å². The molecule has 1 saturated carbocycles. The summed E-state index contributed by atoms with van der Waals surface area (Å²) < 4.78 is 2.09. The van der Waals surface area contributed by atoms with Gasteiger partial charge in [-0.3, -0.25) is 0 Å². The van der Waals surface area contributed by atoms with Gasteiger partial charge in [-0.2, -0.15) is 5.10 Å². The van der Waals surface area contributed by atoms with Crippen molar-refractivity contribution < 1.29 is 0 Å². The summed E-state index contributed by atoms with van der Waals surface area (Å²) in [6.45, 7) is 4.25. The van der Waals surface area contributed by atoms with Gasteiger partial charge in [0.2, 0.25) is 0 Å².